The predicted octanol–water partition coefficient (Wildman–Crippen LogP) is -0.110. The average molecular weight is 216 g/mol. The number of urea groups is 1. The molecule has 6 nitrogen and oxygen atoms in total. The van der Waals surface area contributed by atoms with Gasteiger partial charge in [0, 0.05) is 20.6 Å². The molecule has 1 fully saturated rings. The Morgan fingerprint density at radius 3 is 2.60 bits per heavy atom. The number of carbonyl (C=O) groups is 2. The van der Waals surface area contributed by atoms with Crippen molar-refractivity contribution in [2.24, 2.45) is 0 Å². The number of nitrogens with one attached hydrogen (secondary N) is 1. The highest BCUT2D eigenvalue weighted by Crippen LogP contribution is 2.19. The van der Waals surface area contributed by atoms with Crippen LogP contribution in [0.5, 0.6) is 0 Å². The van der Waals surface area contributed by atoms with Crippen molar-refractivity contribution in [2.45, 2.75) is 25.0 Å². The minimum absolute atomic E-state index is 0.185. The summed E-state index contributed by atoms with van der Waals surface area (Å²) < 4.78 is 5.22. The van der Waals surface area contributed by atoms with Crippen LogP contribution in [0.4, 0.5) is 4.79 Å². The first-order valence-corrected chi connectivity index (χ1v) is 4.84. The van der Waals surface area contributed by atoms with Crippen molar-refractivity contribution in [3.8, 4) is 0 Å². The van der Waals surface area contributed by atoms with Crippen LogP contribution in [0.3, 0.4) is 0 Å². The number of hydrogen-bond acceptors (Lipinski definition) is 3. The van der Waals surface area contributed by atoms with Crippen LogP contribution in [0.1, 0.15) is 12.8 Å². The van der Waals surface area contributed by atoms with Gasteiger partial charge in [-0.05, 0) is 12.8 Å². The lowest BCUT2D eigenvalue weighted by Gasteiger charge is -2.15. The molecule has 1 heterocycles. The summed E-state index contributed by atoms with van der Waals surface area (Å²) in [6.07, 6.45) is 0.281. The van der Waals surface area contributed by atoms with E-state index in [1.165, 1.54) is 4.90 Å². The van der Waals surface area contributed by atoms with Crippen LogP contribution in [0.25, 0.3) is 0 Å². The van der Waals surface area contributed by atoms with Crippen molar-refractivity contribution in [3.63, 3.8) is 0 Å². The van der Waals surface area contributed by atoms with Crippen molar-refractivity contribution >= 4 is 12.0 Å². The fourth-order valence-electron chi connectivity index (χ4n) is 1.40. The Hall–Kier alpha value is -1.30. The minimum Gasteiger partial charge on any atom is -0.479 e. The molecule has 0 aromatic rings. The molecule has 0 aromatic carbocycles. The molecule has 2 unspecified atom stereocenters. The first-order valence-electron chi connectivity index (χ1n) is 4.84. The number of hydrogen-bond donors (Lipinski definition) is 2. The van der Waals surface area contributed by atoms with E-state index in [-0.39, 0.29) is 12.1 Å². The van der Waals surface area contributed by atoms with Crippen molar-refractivity contribution in [2.75, 3.05) is 20.6 Å². The van der Waals surface area contributed by atoms with E-state index in [0.717, 1.165) is 0 Å². The highest BCUT2D eigenvalue weighted by molar-refractivity contribution is 5.73. The smallest absolute Gasteiger partial charge is 0.332 e. The van der Waals surface area contributed by atoms with Gasteiger partial charge >= 0.3 is 12.0 Å². The third-order valence-corrected chi connectivity index (χ3v) is 2.27. The molecule has 0 aliphatic carbocycles. The third kappa shape index (κ3) is 3.39. The molecular weight excluding hydrogens is 200 g/mol. The molecule has 1 rings (SSSR count). The van der Waals surface area contributed by atoms with E-state index in [4.69, 9.17) is 9.84 Å². The number of ether oxygens (including phenoxy) is 1. The minimum atomic E-state index is -0.934. The maximum atomic E-state index is 11.2. The van der Waals surface area contributed by atoms with Crippen LogP contribution in [0, 0.1) is 0 Å². The van der Waals surface area contributed by atoms with Gasteiger partial charge in [0.2, 0.25) is 0 Å². The Kier molecular flexibility index (Phi) is 3.90. The molecule has 0 bridgehead atoms. The van der Waals surface area contributed by atoms with Crippen LogP contribution < -0.4 is 5.32 Å². The molecule has 86 valence electrons. The van der Waals surface area contributed by atoms with Crippen molar-refractivity contribution < 1.29 is 19.4 Å². The summed E-state index contributed by atoms with van der Waals surface area (Å²) in [5.74, 6) is -0.934. The van der Waals surface area contributed by atoms with E-state index in [9.17, 15) is 9.59 Å². The Labute approximate surface area is 88.2 Å². The number of carboxylic acid groups (broad SMARTS) is 1. The van der Waals surface area contributed by atoms with E-state index in [1.54, 1.807) is 14.1 Å². The largest absolute Gasteiger partial charge is 0.479 e. The highest BCUT2D eigenvalue weighted by Gasteiger charge is 2.30. The zero-order valence-corrected chi connectivity index (χ0v) is 8.90. The number of nitrogens with zero attached hydrogens (tertiary/aromatic N) is 1. The second-order valence-electron chi connectivity index (χ2n) is 3.74. The Balaban J connectivity index is 2.25. The van der Waals surface area contributed by atoms with E-state index in [2.05, 4.69) is 5.32 Å². The summed E-state index contributed by atoms with van der Waals surface area (Å²) in [7, 11) is 3.29. The van der Waals surface area contributed by atoms with Crippen LogP contribution in [-0.4, -0.2) is 54.9 Å². The van der Waals surface area contributed by atoms with Crippen LogP contribution in [0.2, 0.25) is 0 Å². The SMILES string of the molecule is CN(C)C(=O)NCC1CCC(C(=O)O)O1. The van der Waals surface area contributed by atoms with E-state index < -0.39 is 12.1 Å². The normalized spacial score (nSPS) is 24.9. The molecular formula is C9H16N2O4. The topological polar surface area (TPSA) is 78.9 Å². The van der Waals surface area contributed by atoms with E-state index in [1.807, 2.05) is 0 Å². The summed E-state index contributed by atoms with van der Waals surface area (Å²) in [6.45, 7) is 0.362. The molecule has 2 N–H and O–H groups in total. The summed E-state index contributed by atoms with van der Waals surface area (Å²) in [5, 5.41) is 11.3. The first kappa shape index (κ1) is 11.8. The van der Waals surface area contributed by atoms with Gasteiger partial charge in [-0.15, -0.1) is 0 Å². The van der Waals surface area contributed by atoms with Crippen LogP contribution >= 0.6 is 0 Å². The molecule has 0 spiro atoms. The molecule has 15 heavy (non-hydrogen) atoms. The van der Waals surface area contributed by atoms with Crippen molar-refractivity contribution in [1.29, 1.82) is 0 Å². The van der Waals surface area contributed by atoms with Gasteiger partial charge in [0.25, 0.3) is 0 Å². The second-order valence-corrected chi connectivity index (χ2v) is 3.74. The zero-order valence-electron chi connectivity index (χ0n) is 8.90. The van der Waals surface area contributed by atoms with Crippen LogP contribution in [0.15, 0.2) is 0 Å². The Morgan fingerprint density at radius 1 is 1.47 bits per heavy atom. The number of aliphatic carboxylic acids is 1. The van der Waals surface area contributed by atoms with Gasteiger partial charge in [0.1, 0.15) is 0 Å². The molecule has 1 saturated heterocycles. The first-order chi connectivity index (χ1) is 7.00. The van der Waals surface area contributed by atoms with Gasteiger partial charge in [-0.2, -0.15) is 0 Å². The average Bonchev–Trinajstić information content (AvgIpc) is 2.62. The summed E-state index contributed by atoms with van der Waals surface area (Å²) in [5.41, 5.74) is 0. The highest BCUT2D eigenvalue weighted by atomic mass is 16.5. The lowest BCUT2D eigenvalue weighted by molar-refractivity contribution is -0.149. The fourth-order valence-corrected chi connectivity index (χ4v) is 1.40. The molecule has 1 aliphatic rings. The molecule has 2 atom stereocenters. The zero-order chi connectivity index (χ0) is 11.4. The molecule has 1 aliphatic heterocycles. The van der Waals surface area contributed by atoms with Gasteiger partial charge in [-0.3, -0.25) is 0 Å². The molecule has 0 radical (unpaired) electrons. The maximum absolute atomic E-state index is 11.2. The van der Waals surface area contributed by atoms with Gasteiger partial charge in [0.15, 0.2) is 6.10 Å². The fraction of sp³-hybridized carbons (Fsp3) is 0.778. The van der Waals surface area contributed by atoms with Gasteiger partial charge in [0.05, 0.1) is 6.10 Å². The third-order valence-electron chi connectivity index (χ3n) is 2.27. The lowest BCUT2D eigenvalue weighted by atomic mass is 10.2. The van der Waals surface area contributed by atoms with Crippen LogP contribution in [-0.2, 0) is 9.53 Å². The second kappa shape index (κ2) is 4.97. The number of amides is 2. The van der Waals surface area contributed by atoms with Crippen molar-refractivity contribution in [3.05, 3.63) is 0 Å². The quantitative estimate of drug-likeness (QED) is 0.690. The van der Waals surface area contributed by atoms with Gasteiger partial charge in [-0.1, -0.05) is 0 Å². The monoisotopic (exact) mass is 216 g/mol. The molecule has 2 amide bonds. The number of carbonyl (C=O) groups excluding carboxylic acids is 1. The Bertz CT molecular complexity index is 254. The van der Waals surface area contributed by atoms with Gasteiger partial charge < -0.3 is 20.1 Å². The summed E-state index contributed by atoms with van der Waals surface area (Å²) in [6, 6.07) is -0.197. The lowest BCUT2D eigenvalue weighted by Crippen LogP contribution is -2.39. The number of carboxylic acids is 1. The molecule has 6 heteroatoms. The summed E-state index contributed by atoms with van der Waals surface area (Å²) >= 11 is 0. The predicted molar refractivity (Wildman–Crippen MR) is 52.6 cm³/mol. The van der Waals surface area contributed by atoms with E-state index in [0.29, 0.717) is 19.4 Å². The number of rotatable bonds is 3. The summed E-state index contributed by atoms with van der Waals surface area (Å²) in [4.78, 5) is 23.2. The maximum Gasteiger partial charge on any atom is 0.332 e. The molecule has 0 saturated carbocycles. The van der Waals surface area contributed by atoms with Crippen molar-refractivity contribution in [1.82, 2.24) is 10.2 Å². The standard InChI is InChI=1S/C9H16N2O4/c1-11(2)9(14)10-5-6-3-4-7(15-6)8(12)13/h6-7H,3-5H2,1-2H3,(H,10,14)(H,12,13). The molecule has 0 aromatic heterocycles. The van der Waals surface area contributed by atoms with E-state index >= 15 is 0 Å². The van der Waals surface area contributed by atoms with Gasteiger partial charge in [-0.25, -0.2) is 9.59 Å². The Morgan fingerprint density at radius 2 is 2.13 bits per heavy atom.